The third kappa shape index (κ3) is 7.34. The van der Waals surface area contributed by atoms with E-state index >= 15 is 0 Å². The molecule has 0 saturated carbocycles. The van der Waals surface area contributed by atoms with Gasteiger partial charge in [0.15, 0.2) is 6.61 Å². The molecular weight excluding hydrogens is 467 g/mol. The summed E-state index contributed by atoms with van der Waals surface area (Å²) in [6, 6.07) is 19.9. The highest BCUT2D eigenvalue weighted by Crippen LogP contribution is 2.20. The van der Waals surface area contributed by atoms with Crippen molar-refractivity contribution in [3.8, 4) is 5.75 Å². The molecule has 33 heavy (non-hydrogen) atoms. The molecule has 0 aliphatic rings. The quantitative estimate of drug-likeness (QED) is 0.266. The predicted molar refractivity (Wildman–Crippen MR) is 128 cm³/mol. The summed E-state index contributed by atoms with van der Waals surface area (Å²) in [5.74, 6) is -1.91. The fourth-order valence-electron chi connectivity index (χ4n) is 2.55. The van der Waals surface area contributed by atoms with Gasteiger partial charge in [-0.3, -0.25) is 14.4 Å². The number of para-hydroxylation sites is 2. The van der Waals surface area contributed by atoms with E-state index in [1.165, 1.54) is 6.21 Å². The first-order valence-corrected chi connectivity index (χ1v) is 10.3. The number of carbonyl (C=O) groups is 3. The number of rotatable bonds is 7. The van der Waals surface area contributed by atoms with Crippen LogP contribution in [0.1, 0.15) is 5.56 Å². The minimum Gasteiger partial charge on any atom is -0.483 e. The Kier molecular flexibility index (Phi) is 8.40. The molecule has 0 aromatic heterocycles. The molecule has 0 radical (unpaired) electrons. The molecule has 0 aliphatic carbocycles. The van der Waals surface area contributed by atoms with Crippen LogP contribution in [0.3, 0.4) is 0 Å². The lowest BCUT2D eigenvalue weighted by molar-refractivity contribution is -0.136. The van der Waals surface area contributed by atoms with E-state index in [2.05, 4.69) is 21.2 Å². The second-order valence-corrected chi connectivity index (χ2v) is 7.36. The number of halogens is 2. The van der Waals surface area contributed by atoms with Gasteiger partial charge in [0, 0.05) is 16.3 Å². The Morgan fingerprint density at radius 1 is 0.848 bits per heavy atom. The molecule has 0 heterocycles. The second-order valence-electron chi connectivity index (χ2n) is 6.51. The van der Waals surface area contributed by atoms with E-state index in [-0.39, 0.29) is 12.5 Å². The van der Waals surface area contributed by atoms with Crippen molar-refractivity contribution in [3.63, 3.8) is 0 Å². The lowest BCUT2D eigenvalue weighted by Crippen LogP contribution is -2.32. The number of nitrogens with zero attached hydrogens (tertiary/aromatic N) is 1. The second kappa shape index (κ2) is 11.7. The van der Waals surface area contributed by atoms with Crippen molar-refractivity contribution in [2.75, 3.05) is 17.2 Å². The van der Waals surface area contributed by atoms with Crippen LogP contribution in [0.5, 0.6) is 5.75 Å². The molecule has 3 aromatic rings. The minimum absolute atomic E-state index is 0.250. The number of benzene rings is 3. The van der Waals surface area contributed by atoms with Crippen LogP contribution in [0, 0.1) is 0 Å². The van der Waals surface area contributed by atoms with Gasteiger partial charge in [0.2, 0.25) is 0 Å². The summed E-state index contributed by atoms with van der Waals surface area (Å²) in [6.45, 7) is -0.250. The standard InChI is InChI=1S/C23H18Cl2N4O4/c24-16-9-11-17(12-10-16)27-21(30)14-33-20-8-4-1-5-15(20)13-26-29-23(32)22(31)28-19-7-3-2-6-18(19)25/h1-13H,14H2,(H,27,30)(H,28,31)(H,29,32)/b26-13-. The monoisotopic (exact) mass is 484 g/mol. The lowest BCUT2D eigenvalue weighted by atomic mass is 10.2. The topological polar surface area (TPSA) is 109 Å². The van der Waals surface area contributed by atoms with Crippen molar-refractivity contribution >= 4 is 58.5 Å². The molecule has 0 aliphatic heterocycles. The molecule has 3 N–H and O–H groups in total. The number of anilines is 2. The summed E-state index contributed by atoms with van der Waals surface area (Å²) in [5, 5.41) is 9.72. The van der Waals surface area contributed by atoms with Crippen LogP contribution < -0.4 is 20.8 Å². The number of amides is 3. The van der Waals surface area contributed by atoms with Crippen LogP contribution in [0.25, 0.3) is 0 Å². The van der Waals surface area contributed by atoms with E-state index in [0.29, 0.717) is 32.7 Å². The third-order valence-electron chi connectivity index (χ3n) is 4.10. The summed E-state index contributed by atoms with van der Waals surface area (Å²) in [6.07, 6.45) is 1.30. The maximum atomic E-state index is 12.1. The average Bonchev–Trinajstić information content (AvgIpc) is 2.81. The molecule has 0 spiro atoms. The van der Waals surface area contributed by atoms with Crippen LogP contribution in [-0.4, -0.2) is 30.5 Å². The van der Waals surface area contributed by atoms with Crippen LogP contribution in [0.2, 0.25) is 10.0 Å². The number of ether oxygens (including phenoxy) is 1. The molecular formula is C23H18Cl2N4O4. The highest BCUT2D eigenvalue weighted by Gasteiger charge is 2.14. The van der Waals surface area contributed by atoms with Gasteiger partial charge >= 0.3 is 11.8 Å². The Bertz CT molecular complexity index is 1180. The van der Waals surface area contributed by atoms with Gasteiger partial charge in [0.1, 0.15) is 5.75 Å². The van der Waals surface area contributed by atoms with Crippen LogP contribution in [0.15, 0.2) is 77.9 Å². The first-order chi connectivity index (χ1) is 15.9. The van der Waals surface area contributed by atoms with E-state index in [4.69, 9.17) is 27.9 Å². The Balaban J connectivity index is 1.53. The van der Waals surface area contributed by atoms with E-state index in [0.717, 1.165) is 0 Å². The van der Waals surface area contributed by atoms with Crippen LogP contribution in [-0.2, 0) is 14.4 Å². The Morgan fingerprint density at radius 3 is 2.30 bits per heavy atom. The Labute approximate surface area is 199 Å². The number of carbonyl (C=O) groups excluding carboxylic acids is 3. The van der Waals surface area contributed by atoms with E-state index in [1.54, 1.807) is 72.8 Å². The summed E-state index contributed by atoms with van der Waals surface area (Å²) in [5.41, 5.74) is 3.51. The van der Waals surface area contributed by atoms with E-state index in [1.807, 2.05) is 0 Å². The van der Waals surface area contributed by atoms with Crippen molar-refractivity contribution in [1.29, 1.82) is 0 Å². The molecule has 10 heteroatoms. The number of hydrazone groups is 1. The Morgan fingerprint density at radius 2 is 1.55 bits per heavy atom. The number of hydrogen-bond donors (Lipinski definition) is 3. The van der Waals surface area contributed by atoms with E-state index in [9.17, 15) is 14.4 Å². The normalized spacial score (nSPS) is 10.5. The Hall–Kier alpha value is -3.88. The summed E-state index contributed by atoms with van der Waals surface area (Å²) < 4.78 is 5.56. The van der Waals surface area contributed by atoms with Crippen LogP contribution in [0.4, 0.5) is 11.4 Å². The van der Waals surface area contributed by atoms with Gasteiger partial charge in [0.05, 0.1) is 16.9 Å². The van der Waals surface area contributed by atoms with Crippen molar-refractivity contribution < 1.29 is 19.1 Å². The largest absolute Gasteiger partial charge is 0.483 e. The first kappa shape index (κ1) is 23.8. The molecule has 8 nitrogen and oxygen atoms in total. The molecule has 0 saturated heterocycles. The predicted octanol–water partition coefficient (Wildman–Crippen LogP) is 4.10. The lowest BCUT2D eigenvalue weighted by Gasteiger charge is -2.09. The van der Waals surface area contributed by atoms with E-state index < -0.39 is 11.8 Å². The minimum atomic E-state index is -0.980. The SMILES string of the molecule is O=C(COc1ccccc1/C=N\NC(=O)C(=O)Nc1ccccc1Cl)Nc1ccc(Cl)cc1. The summed E-state index contributed by atoms with van der Waals surface area (Å²) in [7, 11) is 0. The summed E-state index contributed by atoms with van der Waals surface area (Å²) in [4.78, 5) is 36.1. The highest BCUT2D eigenvalue weighted by molar-refractivity contribution is 6.41. The zero-order valence-corrected chi connectivity index (χ0v) is 18.6. The van der Waals surface area contributed by atoms with Crippen molar-refractivity contribution in [2.24, 2.45) is 5.10 Å². The van der Waals surface area contributed by atoms with Gasteiger partial charge in [-0.15, -0.1) is 0 Å². The van der Waals surface area contributed by atoms with Crippen molar-refractivity contribution in [3.05, 3.63) is 88.4 Å². The van der Waals surface area contributed by atoms with Gasteiger partial charge < -0.3 is 15.4 Å². The van der Waals surface area contributed by atoms with Gasteiger partial charge in [-0.1, -0.05) is 47.5 Å². The maximum absolute atomic E-state index is 12.1. The van der Waals surface area contributed by atoms with Gasteiger partial charge in [-0.25, -0.2) is 5.43 Å². The molecule has 168 valence electrons. The third-order valence-corrected chi connectivity index (χ3v) is 4.69. The summed E-state index contributed by atoms with van der Waals surface area (Å²) >= 11 is 11.8. The molecule has 0 unspecified atom stereocenters. The van der Waals surface area contributed by atoms with Gasteiger partial charge in [-0.2, -0.15) is 5.10 Å². The molecule has 0 fully saturated rings. The smallest absolute Gasteiger partial charge is 0.329 e. The van der Waals surface area contributed by atoms with Crippen molar-refractivity contribution in [2.45, 2.75) is 0 Å². The molecule has 0 atom stereocenters. The first-order valence-electron chi connectivity index (χ1n) is 9.58. The molecule has 3 amide bonds. The highest BCUT2D eigenvalue weighted by atomic mass is 35.5. The zero-order chi connectivity index (χ0) is 23.6. The van der Waals surface area contributed by atoms with Crippen LogP contribution >= 0.6 is 23.2 Å². The number of nitrogens with one attached hydrogen (secondary N) is 3. The zero-order valence-electron chi connectivity index (χ0n) is 17.0. The number of hydrogen-bond acceptors (Lipinski definition) is 5. The average molecular weight is 485 g/mol. The van der Waals surface area contributed by atoms with Crippen molar-refractivity contribution in [1.82, 2.24) is 5.43 Å². The van der Waals surface area contributed by atoms with Gasteiger partial charge in [0.25, 0.3) is 5.91 Å². The molecule has 3 aromatic carbocycles. The molecule has 0 bridgehead atoms. The van der Waals surface area contributed by atoms with Gasteiger partial charge in [-0.05, 0) is 48.5 Å². The maximum Gasteiger partial charge on any atom is 0.329 e. The fourth-order valence-corrected chi connectivity index (χ4v) is 2.85. The fraction of sp³-hybridized carbons (Fsp3) is 0.0435. The molecule has 3 rings (SSSR count).